The molecule has 2 amide bonds. The molecule has 0 spiro atoms. The summed E-state index contributed by atoms with van der Waals surface area (Å²) in [7, 11) is 0. The molecule has 3 atom stereocenters. The monoisotopic (exact) mass is 768 g/mol. The average molecular weight is 770 g/mol. The van der Waals surface area contributed by atoms with Gasteiger partial charge in [-0.1, -0.05) is 30.3 Å². The van der Waals surface area contributed by atoms with E-state index in [0.29, 0.717) is 37.8 Å². The van der Waals surface area contributed by atoms with Crippen molar-refractivity contribution in [2.75, 3.05) is 13.1 Å². The van der Waals surface area contributed by atoms with E-state index in [2.05, 4.69) is 33.8 Å². The number of ether oxygens (including phenoxy) is 2. The summed E-state index contributed by atoms with van der Waals surface area (Å²) < 4.78 is 11.0. The molecule has 0 aliphatic carbocycles. The molecular weight excluding hydrogens is 709 g/mol. The molecule has 4 rings (SSSR count). The van der Waals surface area contributed by atoms with Gasteiger partial charge in [0.2, 0.25) is 0 Å². The maximum absolute atomic E-state index is 12.4. The van der Waals surface area contributed by atoms with Crippen LogP contribution in [0, 0.1) is 17.9 Å². The van der Waals surface area contributed by atoms with Crippen molar-refractivity contribution in [3.05, 3.63) is 72.3 Å². The van der Waals surface area contributed by atoms with Crippen LogP contribution >= 0.6 is 0 Å². The Morgan fingerprint density at radius 1 is 0.820 bits per heavy atom. The van der Waals surface area contributed by atoms with Gasteiger partial charge in [-0.05, 0) is 119 Å². The third-order valence-corrected chi connectivity index (χ3v) is 8.48. The van der Waals surface area contributed by atoms with Gasteiger partial charge < -0.3 is 46.2 Å². The fraction of sp³-hybridized carbons (Fsp3) is 0.625. The minimum atomic E-state index is -0.477. The van der Waals surface area contributed by atoms with Gasteiger partial charge in [-0.15, -0.1) is 0 Å². The van der Waals surface area contributed by atoms with Gasteiger partial charge in [-0.25, -0.2) is 9.59 Å². The standard InChI is InChI=1S/C20H31NO3.C14H25NO3.C6H5.BrH.Mg/c1-19(2,3)24-18(23)21-14-15(13-20(21,4)5)11-12-17(22)16-9-7-6-8-10-16;1-13(2,3)18-12(17)15-10-11(7-6-8-16)9-14(15,4)5;1-2-4-6-5-3-1;;/h6-10,15,17,22H,11-14H2,1-5H3;8,11H,6-7,9-10H2,1-5H3;1-5H;1H;/q;;-1;;+2/p-1/t15-,17?;11-;;;/m00.../s1. The molecule has 0 saturated carbocycles. The van der Waals surface area contributed by atoms with E-state index in [1.807, 2.05) is 107 Å². The van der Waals surface area contributed by atoms with Crippen molar-refractivity contribution in [2.45, 2.75) is 136 Å². The molecule has 2 aliphatic rings. The zero-order valence-corrected chi connectivity index (χ0v) is 35.2. The molecule has 2 saturated heterocycles. The Bertz CT molecular complexity index is 1240. The SMILES string of the molecule is CC(C)(C)OC(=O)N1C[C@@H](CCC(O)c2ccccc2)CC1(C)C.CC(C)(C)OC(=O)N1C[C@@H](CCC=O)CC1(C)C.[Br-].[Mg+2].[c-]1ccccc1. The first-order chi connectivity index (χ1) is 22.2. The second kappa shape index (κ2) is 21.4. The Morgan fingerprint density at radius 2 is 1.24 bits per heavy atom. The third kappa shape index (κ3) is 17.4. The molecule has 0 aromatic heterocycles. The molecule has 2 heterocycles. The number of likely N-dealkylation sites (tertiary alicyclic amines) is 2. The molecule has 0 radical (unpaired) electrons. The molecule has 1 N–H and O–H groups in total. The molecule has 2 aromatic rings. The summed E-state index contributed by atoms with van der Waals surface area (Å²) in [5.41, 5.74) is -0.373. The number of rotatable bonds is 7. The number of benzene rings is 2. The summed E-state index contributed by atoms with van der Waals surface area (Å²) in [6, 6.07) is 22.3. The van der Waals surface area contributed by atoms with Crippen LogP contribution in [0.5, 0.6) is 0 Å². The quantitative estimate of drug-likeness (QED) is 0.223. The van der Waals surface area contributed by atoms with Crippen molar-refractivity contribution in [1.82, 2.24) is 9.80 Å². The van der Waals surface area contributed by atoms with Gasteiger partial charge in [-0.2, -0.15) is 36.4 Å². The maximum Gasteiger partial charge on any atom is 2.00 e. The van der Waals surface area contributed by atoms with Crippen molar-refractivity contribution >= 4 is 41.5 Å². The number of aliphatic hydroxyl groups excluding tert-OH is 1. The number of nitrogens with zero attached hydrogens (tertiary/aromatic N) is 2. The predicted molar refractivity (Wildman–Crippen MR) is 197 cm³/mol. The van der Waals surface area contributed by atoms with Crippen LogP contribution in [0.3, 0.4) is 0 Å². The molecule has 50 heavy (non-hydrogen) atoms. The number of hydrogen-bond donors (Lipinski definition) is 1. The van der Waals surface area contributed by atoms with Crippen molar-refractivity contribution in [2.24, 2.45) is 11.8 Å². The number of hydrogen-bond acceptors (Lipinski definition) is 6. The molecule has 1 unspecified atom stereocenters. The molecule has 8 nitrogen and oxygen atoms in total. The van der Waals surface area contributed by atoms with Crippen LogP contribution in [0.4, 0.5) is 9.59 Å². The first-order valence-electron chi connectivity index (χ1n) is 17.3. The Morgan fingerprint density at radius 3 is 1.60 bits per heavy atom. The van der Waals surface area contributed by atoms with Gasteiger partial charge in [0.1, 0.15) is 17.5 Å². The molecule has 10 heteroatoms. The van der Waals surface area contributed by atoms with Crippen molar-refractivity contribution in [1.29, 1.82) is 0 Å². The van der Waals surface area contributed by atoms with E-state index in [4.69, 9.17) is 9.47 Å². The minimum Gasteiger partial charge on any atom is -1.00 e. The zero-order chi connectivity index (χ0) is 36.2. The fourth-order valence-corrected chi connectivity index (χ4v) is 6.32. The van der Waals surface area contributed by atoms with Gasteiger partial charge >= 0.3 is 35.2 Å². The summed E-state index contributed by atoms with van der Waals surface area (Å²) >= 11 is 0. The Kier molecular flexibility index (Phi) is 20.5. The average Bonchev–Trinajstić information content (AvgIpc) is 3.48. The van der Waals surface area contributed by atoms with Crippen LogP contribution in [0.25, 0.3) is 0 Å². The normalized spacial score (nSPS) is 19.6. The van der Waals surface area contributed by atoms with Gasteiger partial charge in [-0.3, -0.25) is 0 Å². The molecule has 2 aromatic carbocycles. The van der Waals surface area contributed by atoms with E-state index >= 15 is 0 Å². The summed E-state index contributed by atoms with van der Waals surface area (Å²) in [4.78, 5) is 38.6. The van der Waals surface area contributed by atoms with Crippen LogP contribution in [0.1, 0.15) is 119 Å². The summed E-state index contributed by atoms with van der Waals surface area (Å²) in [6.07, 6.45) is 4.93. The van der Waals surface area contributed by atoms with E-state index in [1.54, 1.807) is 4.90 Å². The Labute approximate surface area is 329 Å². The van der Waals surface area contributed by atoms with Gasteiger partial charge in [0.05, 0.1) is 6.10 Å². The molecular formula is C40H61BrMgN2O6. The van der Waals surface area contributed by atoms with Crippen molar-refractivity contribution in [3.63, 3.8) is 0 Å². The Balaban J connectivity index is 0.000000814. The topological polar surface area (TPSA) is 96.4 Å². The maximum atomic E-state index is 12.4. The van der Waals surface area contributed by atoms with E-state index in [1.165, 1.54) is 0 Å². The molecule has 0 bridgehead atoms. The number of carbonyl (C=O) groups excluding carboxylic acids is 3. The number of carbonyl (C=O) groups is 3. The molecule has 2 aliphatic heterocycles. The van der Waals surface area contributed by atoms with E-state index in [-0.39, 0.29) is 63.3 Å². The zero-order valence-electron chi connectivity index (χ0n) is 32.2. The number of aldehydes is 1. The number of amides is 2. The van der Waals surface area contributed by atoms with Crippen LogP contribution < -0.4 is 17.0 Å². The first-order valence-corrected chi connectivity index (χ1v) is 17.3. The van der Waals surface area contributed by atoms with Gasteiger partial charge in [0, 0.05) is 30.6 Å². The minimum absolute atomic E-state index is 0. The largest absolute Gasteiger partial charge is 2.00 e. The second-order valence-electron chi connectivity index (χ2n) is 16.3. The second-order valence-corrected chi connectivity index (χ2v) is 16.3. The van der Waals surface area contributed by atoms with E-state index in [9.17, 15) is 19.5 Å². The number of aliphatic hydroxyl groups is 1. The van der Waals surface area contributed by atoms with E-state index in [0.717, 1.165) is 37.5 Å². The van der Waals surface area contributed by atoms with Gasteiger partial charge in [0.25, 0.3) is 0 Å². The third-order valence-electron chi connectivity index (χ3n) is 8.48. The first kappa shape index (κ1) is 47.9. The number of halogens is 1. The Hall–Kier alpha value is -2.14. The predicted octanol–water partition coefficient (Wildman–Crippen LogP) is 5.65. The van der Waals surface area contributed by atoms with Crippen LogP contribution in [-0.2, 0) is 14.3 Å². The summed E-state index contributed by atoms with van der Waals surface area (Å²) in [5.74, 6) is 0.795. The molecule has 2 fully saturated rings. The summed E-state index contributed by atoms with van der Waals surface area (Å²) in [6.45, 7) is 21.0. The van der Waals surface area contributed by atoms with Crippen LogP contribution in [0.15, 0.2) is 60.7 Å². The summed E-state index contributed by atoms with van der Waals surface area (Å²) in [5, 5.41) is 10.3. The van der Waals surface area contributed by atoms with Crippen LogP contribution in [-0.4, -0.2) is 91.8 Å². The van der Waals surface area contributed by atoms with Crippen molar-refractivity contribution in [3.8, 4) is 0 Å². The van der Waals surface area contributed by atoms with Crippen molar-refractivity contribution < 1.29 is 45.9 Å². The smallest absolute Gasteiger partial charge is 1.00 e. The van der Waals surface area contributed by atoms with Gasteiger partial charge in [0.15, 0.2) is 0 Å². The molecule has 276 valence electrons. The van der Waals surface area contributed by atoms with E-state index < -0.39 is 17.3 Å². The fourth-order valence-electron chi connectivity index (χ4n) is 6.32. The van der Waals surface area contributed by atoms with Crippen LogP contribution in [0.2, 0.25) is 0 Å².